The number of carbonyl (C=O) groups is 1. The molecule has 0 atom stereocenters. The number of benzene rings is 3. The van der Waals surface area contributed by atoms with Crippen LogP contribution >= 0.6 is 12.2 Å². The molecule has 0 unspecified atom stereocenters. The van der Waals surface area contributed by atoms with E-state index in [2.05, 4.69) is 15.4 Å². The molecule has 0 aliphatic heterocycles. The fourth-order valence-corrected chi connectivity index (χ4v) is 3.95. The first-order valence-electron chi connectivity index (χ1n) is 9.25. The van der Waals surface area contributed by atoms with Gasteiger partial charge in [-0.3, -0.25) is 14.8 Å². The predicted molar refractivity (Wildman–Crippen MR) is 125 cm³/mol. The Morgan fingerprint density at radius 3 is 2.10 bits per heavy atom. The van der Waals surface area contributed by atoms with E-state index in [9.17, 15) is 18.3 Å². The van der Waals surface area contributed by atoms with Gasteiger partial charge >= 0.3 is 0 Å². The van der Waals surface area contributed by atoms with E-state index < -0.39 is 15.9 Å². The summed E-state index contributed by atoms with van der Waals surface area (Å²) in [6, 6.07) is 17.1. The lowest BCUT2D eigenvalue weighted by molar-refractivity contribution is 0.0977. The molecule has 3 rings (SSSR count). The van der Waals surface area contributed by atoms with Gasteiger partial charge in [0.05, 0.1) is 4.90 Å². The number of amides is 1. The molecule has 0 saturated heterocycles. The van der Waals surface area contributed by atoms with Gasteiger partial charge in [-0.1, -0.05) is 6.07 Å². The molecule has 0 bridgehead atoms. The Labute approximate surface area is 186 Å². The standard InChI is InChI=1S/C22H21N3O4S2/c1-14-3-6-18(13-15(14)2)25-31(28,29)20-11-7-17(8-12-20)23-22(30)24-21(27)16-4-9-19(26)10-5-16/h3-13,25-26H,1-2H3,(H2,23,24,27,30). The Morgan fingerprint density at radius 2 is 1.48 bits per heavy atom. The molecule has 3 aromatic rings. The van der Waals surface area contributed by atoms with Crippen molar-refractivity contribution in [2.24, 2.45) is 0 Å². The average molecular weight is 456 g/mol. The number of rotatable bonds is 5. The van der Waals surface area contributed by atoms with E-state index in [0.29, 0.717) is 16.9 Å². The molecule has 4 N–H and O–H groups in total. The second kappa shape index (κ2) is 9.15. The van der Waals surface area contributed by atoms with Gasteiger partial charge in [0.25, 0.3) is 15.9 Å². The van der Waals surface area contributed by atoms with Gasteiger partial charge in [0, 0.05) is 16.9 Å². The summed E-state index contributed by atoms with van der Waals surface area (Å²) in [4.78, 5) is 12.2. The van der Waals surface area contributed by atoms with E-state index in [4.69, 9.17) is 12.2 Å². The maximum atomic E-state index is 12.6. The molecular weight excluding hydrogens is 434 g/mol. The number of aryl methyl sites for hydroxylation is 2. The van der Waals surface area contributed by atoms with Gasteiger partial charge in [0.1, 0.15) is 5.75 Å². The fourth-order valence-electron chi connectivity index (χ4n) is 2.69. The highest BCUT2D eigenvalue weighted by Crippen LogP contribution is 2.20. The quantitative estimate of drug-likeness (QED) is 0.434. The maximum absolute atomic E-state index is 12.6. The third kappa shape index (κ3) is 5.80. The third-order valence-corrected chi connectivity index (χ3v) is 6.14. The highest BCUT2D eigenvalue weighted by atomic mass is 32.2. The summed E-state index contributed by atoms with van der Waals surface area (Å²) in [5.41, 5.74) is 3.40. The van der Waals surface area contributed by atoms with Crippen LogP contribution < -0.4 is 15.4 Å². The number of thiocarbonyl (C=S) groups is 1. The molecule has 0 saturated carbocycles. The summed E-state index contributed by atoms with van der Waals surface area (Å²) in [5, 5.41) is 14.7. The van der Waals surface area contributed by atoms with Crippen molar-refractivity contribution in [3.05, 3.63) is 83.4 Å². The van der Waals surface area contributed by atoms with E-state index >= 15 is 0 Å². The highest BCUT2D eigenvalue weighted by Gasteiger charge is 2.15. The van der Waals surface area contributed by atoms with Crippen LogP contribution in [0.4, 0.5) is 11.4 Å². The van der Waals surface area contributed by atoms with E-state index in [1.54, 1.807) is 24.3 Å². The Morgan fingerprint density at radius 1 is 0.871 bits per heavy atom. The predicted octanol–water partition coefficient (Wildman–Crippen LogP) is 3.94. The number of phenols is 1. The van der Waals surface area contributed by atoms with Gasteiger partial charge in [-0.05, 0) is 97.9 Å². The molecule has 9 heteroatoms. The summed E-state index contributed by atoms with van der Waals surface area (Å²) < 4.78 is 27.8. The lowest BCUT2D eigenvalue weighted by Crippen LogP contribution is -2.34. The molecule has 0 heterocycles. The zero-order valence-electron chi connectivity index (χ0n) is 16.8. The number of sulfonamides is 1. The van der Waals surface area contributed by atoms with Gasteiger partial charge in [-0.15, -0.1) is 0 Å². The lowest BCUT2D eigenvalue weighted by Gasteiger charge is -2.12. The van der Waals surface area contributed by atoms with Crippen LogP contribution in [0.2, 0.25) is 0 Å². The number of hydrogen-bond acceptors (Lipinski definition) is 5. The molecule has 160 valence electrons. The van der Waals surface area contributed by atoms with Crippen molar-refractivity contribution in [2.75, 3.05) is 10.0 Å². The Kier molecular flexibility index (Phi) is 6.57. The van der Waals surface area contributed by atoms with Crippen LogP contribution in [-0.4, -0.2) is 24.5 Å². The highest BCUT2D eigenvalue weighted by molar-refractivity contribution is 7.92. The summed E-state index contributed by atoms with van der Waals surface area (Å²) in [7, 11) is -3.75. The first kappa shape index (κ1) is 22.3. The topological polar surface area (TPSA) is 108 Å². The molecule has 0 radical (unpaired) electrons. The molecule has 0 aromatic heterocycles. The molecule has 1 amide bonds. The first-order valence-corrected chi connectivity index (χ1v) is 11.1. The van der Waals surface area contributed by atoms with Crippen LogP contribution in [0.3, 0.4) is 0 Å². The van der Waals surface area contributed by atoms with E-state index in [-0.39, 0.29) is 15.8 Å². The van der Waals surface area contributed by atoms with E-state index in [1.807, 2.05) is 19.9 Å². The van der Waals surface area contributed by atoms with Crippen molar-refractivity contribution >= 4 is 44.6 Å². The minimum atomic E-state index is -3.75. The molecule has 0 spiro atoms. The summed E-state index contributed by atoms with van der Waals surface area (Å²) in [6.07, 6.45) is 0. The van der Waals surface area contributed by atoms with Crippen molar-refractivity contribution in [2.45, 2.75) is 18.7 Å². The third-order valence-electron chi connectivity index (χ3n) is 4.54. The maximum Gasteiger partial charge on any atom is 0.261 e. The number of hydrogen-bond donors (Lipinski definition) is 4. The van der Waals surface area contributed by atoms with Crippen molar-refractivity contribution in [3.63, 3.8) is 0 Å². The number of phenolic OH excluding ortho intramolecular Hbond substituents is 1. The van der Waals surface area contributed by atoms with Gasteiger partial charge < -0.3 is 10.4 Å². The van der Waals surface area contributed by atoms with E-state index in [0.717, 1.165) is 11.1 Å². The zero-order chi connectivity index (χ0) is 22.6. The molecule has 0 fully saturated rings. The molecule has 31 heavy (non-hydrogen) atoms. The minimum Gasteiger partial charge on any atom is -0.508 e. The monoisotopic (exact) mass is 455 g/mol. The van der Waals surface area contributed by atoms with Crippen LogP contribution in [0.15, 0.2) is 71.6 Å². The summed E-state index contributed by atoms with van der Waals surface area (Å²) in [5.74, 6) is -0.381. The van der Waals surface area contributed by atoms with Crippen molar-refractivity contribution in [1.29, 1.82) is 0 Å². The SMILES string of the molecule is Cc1ccc(NS(=O)(=O)c2ccc(NC(=S)NC(=O)c3ccc(O)cc3)cc2)cc1C. The zero-order valence-corrected chi connectivity index (χ0v) is 18.5. The average Bonchev–Trinajstić information content (AvgIpc) is 2.71. The van der Waals surface area contributed by atoms with Crippen LogP contribution in [0.1, 0.15) is 21.5 Å². The largest absolute Gasteiger partial charge is 0.508 e. The lowest BCUT2D eigenvalue weighted by atomic mass is 10.1. The van der Waals surface area contributed by atoms with Crippen molar-refractivity contribution in [1.82, 2.24) is 5.32 Å². The second-order valence-corrected chi connectivity index (χ2v) is 8.97. The Hall–Kier alpha value is -3.43. The molecule has 3 aromatic carbocycles. The number of carbonyl (C=O) groups excluding carboxylic acids is 1. The number of aromatic hydroxyl groups is 1. The summed E-state index contributed by atoms with van der Waals surface area (Å²) in [6.45, 7) is 3.87. The van der Waals surface area contributed by atoms with Crippen LogP contribution in [-0.2, 0) is 10.0 Å². The number of anilines is 2. The van der Waals surface area contributed by atoms with Crippen LogP contribution in [0.25, 0.3) is 0 Å². The van der Waals surface area contributed by atoms with Gasteiger partial charge in [0.15, 0.2) is 5.11 Å². The molecule has 7 nitrogen and oxygen atoms in total. The number of nitrogens with one attached hydrogen (secondary N) is 3. The second-order valence-electron chi connectivity index (χ2n) is 6.88. The van der Waals surface area contributed by atoms with Crippen LogP contribution in [0, 0.1) is 13.8 Å². The fraction of sp³-hybridized carbons (Fsp3) is 0.0909. The minimum absolute atomic E-state index is 0.0549. The van der Waals surface area contributed by atoms with Gasteiger partial charge in [-0.25, -0.2) is 8.42 Å². The smallest absolute Gasteiger partial charge is 0.261 e. The van der Waals surface area contributed by atoms with Crippen molar-refractivity contribution < 1.29 is 18.3 Å². The first-order chi connectivity index (χ1) is 14.6. The molecular formula is C22H21N3O4S2. The Balaban J connectivity index is 1.63. The normalized spacial score (nSPS) is 10.9. The summed E-state index contributed by atoms with van der Waals surface area (Å²) >= 11 is 5.13. The van der Waals surface area contributed by atoms with E-state index in [1.165, 1.54) is 36.4 Å². The molecule has 0 aliphatic rings. The van der Waals surface area contributed by atoms with Crippen molar-refractivity contribution in [3.8, 4) is 5.75 Å². The Bertz CT molecular complexity index is 1220. The van der Waals surface area contributed by atoms with Gasteiger partial charge in [0.2, 0.25) is 0 Å². The molecule has 0 aliphatic carbocycles. The van der Waals surface area contributed by atoms with Crippen LogP contribution in [0.5, 0.6) is 5.75 Å². The van der Waals surface area contributed by atoms with Gasteiger partial charge in [-0.2, -0.15) is 0 Å².